The highest BCUT2D eigenvalue weighted by Crippen LogP contribution is 2.39. The van der Waals surface area contributed by atoms with Crippen LogP contribution in [0.1, 0.15) is 17.0 Å². The SMILES string of the molecule is Cc1[nH]c(C=C2C(=O)Nc3ccc(S(C)(=O)=O)cc32)c(-c2ccccc2)c1S(C)(=O)=O. The van der Waals surface area contributed by atoms with Gasteiger partial charge in [0, 0.05) is 40.7 Å². The van der Waals surface area contributed by atoms with E-state index in [0.29, 0.717) is 33.8 Å². The molecule has 0 saturated heterocycles. The summed E-state index contributed by atoms with van der Waals surface area (Å²) in [5.74, 6) is -0.396. The number of fused-ring (bicyclic) bond motifs is 1. The van der Waals surface area contributed by atoms with Gasteiger partial charge in [0.25, 0.3) is 5.91 Å². The summed E-state index contributed by atoms with van der Waals surface area (Å²) in [5.41, 5.74) is 3.25. The molecular weight excluding hydrogens is 436 g/mol. The van der Waals surface area contributed by atoms with Crippen molar-refractivity contribution >= 4 is 42.9 Å². The van der Waals surface area contributed by atoms with E-state index in [9.17, 15) is 21.6 Å². The fourth-order valence-corrected chi connectivity index (χ4v) is 5.63. The van der Waals surface area contributed by atoms with E-state index in [-0.39, 0.29) is 15.4 Å². The molecule has 9 heteroatoms. The average molecular weight is 457 g/mol. The number of aromatic nitrogens is 1. The molecule has 2 heterocycles. The lowest BCUT2D eigenvalue weighted by Gasteiger charge is -2.06. The molecule has 2 N–H and O–H groups in total. The van der Waals surface area contributed by atoms with Crippen molar-refractivity contribution < 1.29 is 21.6 Å². The number of anilines is 1. The summed E-state index contributed by atoms with van der Waals surface area (Å²) in [7, 11) is -7.03. The van der Waals surface area contributed by atoms with Gasteiger partial charge >= 0.3 is 0 Å². The molecule has 0 unspecified atom stereocenters. The second kappa shape index (κ2) is 7.21. The Balaban J connectivity index is 1.99. The summed E-state index contributed by atoms with van der Waals surface area (Å²) in [6.07, 6.45) is 3.81. The third-order valence-corrected chi connectivity index (χ3v) is 7.45. The van der Waals surface area contributed by atoms with Crippen LogP contribution in [0, 0.1) is 6.92 Å². The lowest BCUT2D eigenvalue weighted by molar-refractivity contribution is -0.110. The highest BCUT2D eigenvalue weighted by molar-refractivity contribution is 7.91. The number of nitrogens with one attached hydrogen (secondary N) is 2. The Morgan fingerprint density at radius 2 is 1.58 bits per heavy atom. The summed E-state index contributed by atoms with van der Waals surface area (Å²) < 4.78 is 49.0. The Morgan fingerprint density at radius 1 is 0.903 bits per heavy atom. The van der Waals surface area contributed by atoms with Crippen molar-refractivity contribution in [1.29, 1.82) is 0 Å². The van der Waals surface area contributed by atoms with Crippen LogP contribution in [0.25, 0.3) is 22.8 Å². The summed E-state index contributed by atoms with van der Waals surface area (Å²) in [5, 5.41) is 2.72. The number of aryl methyl sites for hydroxylation is 1. The molecule has 1 aliphatic heterocycles. The standard InChI is InChI=1S/C22H20N2O5S2/c1-13-21(31(3,28)29)20(14-7-5-4-6-8-14)19(23-13)12-17-16-11-15(30(2,26)27)9-10-18(16)24-22(17)25/h4-12,23H,1-3H3,(H,24,25). The average Bonchev–Trinajstić information content (AvgIpc) is 3.18. The Hall–Kier alpha value is -3.17. The van der Waals surface area contributed by atoms with Crippen molar-refractivity contribution in [3.63, 3.8) is 0 Å². The Kier molecular flexibility index (Phi) is 4.90. The topological polar surface area (TPSA) is 113 Å². The van der Waals surface area contributed by atoms with Crippen molar-refractivity contribution in [3.05, 3.63) is 65.5 Å². The zero-order valence-electron chi connectivity index (χ0n) is 17.1. The number of benzene rings is 2. The van der Waals surface area contributed by atoms with Gasteiger partial charge in [-0.1, -0.05) is 30.3 Å². The maximum absolute atomic E-state index is 12.7. The smallest absolute Gasteiger partial charge is 0.256 e. The largest absolute Gasteiger partial charge is 0.357 e. The zero-order valence-corrected chi connectivity index (χ0v) is 18.7. The molecule has 0 fully saturated rings. The van der Waals surface area contributed by atoms with E-state index in [1.165, 1.54) is 12.1 Å². The maximum Gasteiger partial charge on any atom is 0.256 e. The summed E-state index contributed by atoms with van der Waals surface area (Å²) in [6.45, 7) is 1.66. The van der Waals surface area contributed by atoms with E-state index in [0.717, 1.165) is 12.5 Å². The fraction of sp³-hybridized carbons (Fsp3) is 0.136. The molecule has 7 nitrogen and oxygen atoms in total. The van der Waals surface area contributed by atoms with Gasteiger partial charge in [0.05, 0.1) is 15.4 Å². The first-order chi connectivity index (χ1) is 14.5. The van der Waals surface area contributed by atoms with Crippen LogP contribution >= 0.6 is 0 Å². The molecule has 31 heavy (non-hydrogen) atoms. The van der Waals surface area contributed by atoms with Gasteiger partial charge in [0.1, 0.15) is 0 Å². The number of amides is 1. The summed E-state index contributed by atoms with van der Waals surface area (Å²) >= 11 is 0. The van der Waals surface area contributed by atoms with Crippen molar-refractivity contribution in [2.75, 3.05) is 17.8 Å². The third-order valence-electron chi connectivity index (χ3n) is 5.08. The van der Waals surface area contributed by atoms with Gasteiger partial charge in [-0.25, -0.2) is 16.8 Å². The summed E-state index contributed by atoms with van der Waals surface area (Å²) in [4.78, 5) is 16.0. The first-order valence-corrected chi connectivity index (χ1v) is 13.1. The highest BCUT2D eigenvalue weighted by atomic mass is 32.2. The first kappa shape index (κ1) is 21.1. The van der Waals surface area contributed by atoms with Gasteiger partial charge in [0.2, 0.25) is 0 Å². The number of carbonyl (C=O) groups excluding carboxylic acids is 1. The normalized spacial score (nSPS) is 15.2. The van der Waals surface area contributed by atoms with Crippen molar-refractivity contribution in [1.82, 2.24) is 4.98 Å². The molecule has 1 amide bonds. The Morgan fingerprint density at radius 3 is 2.19 bits per heavy atom. The van der Waals surface area contributed by atoms with E-state index < -0.39 is 25.6 Å². The molecule has 160 valence electrons. The zero-order chi connectivity index (χ0) is 22.6. The molecule has 0 radical (unpaired) electrons. The maximum atomic E-state index is 12.7. The minimum Gasteiger partial charge on any atom is -0.357 e. The third kappa shape index (κ3) is 3.82. The van der Waals surface area contributed by atoms with Crippen LogP contribution in [0.2, 0.25) is 0 Å². The molecule has 2 aromatic carbocycles. The molecule has 0 atom stereocenters. The van der Waals surface area contributed by atoms with E-state index in [2.05, 4.69) is 10.3 Å². The van der Waals surface area contributed by atoms with Gasteiger partial charge in [0.15, 0.2) is 19.7 Å². The van der Waals surface area contributed by atoms with Crippen molar-refractivity contribution in [2.24, 2.45) is 0 Å². The second-order valence-corrected chi connectivity index (χ2v) is 11.5. The van der Waals surface area contributed by atoms with Gasteiger partial charge in [-0.15, -0.1) is 0 Å². The number of hydrogen-bond acceptors (Lipinski definition) is 5. The monoisotopic (exact) mass is 456 g/mol. The van der Waals surface area contributed by atoms with Crippen molar-refractivity contribution in [2.45, 2.75) is 16.7 Å². The number of H-pyrrole nitrogens is 1. The van der Waals surface area contributed by atoms with Gasteiger partial charge in [-0.3, -0.25) is 4.79 Å². The van der Waals surface area contributed by atoms with E-state index >= 15 is 0 Å². The van der Waals surface area contributed by atoms with Gasteiger partial charge < -0.3 is 10.3 Å². The fourth-order valence-electron chi connectivity index (χ4n) is 3.78. The van der Waals surface area contributed by atoms with Crippen LogP contribution in [0.3, 0.4) is 0 Å². The van der Waals surface area contributed by atoms with Crippen LogP contribution in [0.5, 0.6) is 0 Å². The number of carbonyl (C=O) groups is 1. The predicted molar refractivity (Wildman–Crippen MR) is 120 cm³/mol. The lowest BCUT2D eigenvalue weighted by Crippen LogP contribution is -2.03. The second-order valence-electron chi connectivity index (χ2n) is 7.50. The lowest BCUT2D eigenvalue weighted by atomic mass is 10.0. The van der Waals surface area contributed by atoms with E-state index in [1.807, 2.05) is 6.07 Å². The quantitative estimate of drug-likeness (QED) is 0.585. The van der Waals surface area contributed by atoms with Crippen LogP contribution in [0.15, 0.2) is 58.3 Å². The molecular formula is C22H20N2O5S2. The van der Waals surface area contributed by atoms with Crippen molar-refractivity contribution in [3.8, 4) is 11.1 Å². The first-order valence-electron chi connectivity index (χ1n) is 9.32. The molecule has 4 rings (SSSR count). The Bertz CT molecular complexity index is 1470. The van der Waals surface area contributed by atoms with Crippen LogP contribution < -0.4 is 5.32 Å². The number of sulfone groups is 2. The minimum absolute atomic E-state index is 0.0939. The number of rotatable bonds is 4. The summed E-state index contributed by atoms with van der Waals surface area (Å²) in [6, 6.07) is 13.5. The van der Waals surface area contributed by atoms with Crippen LogP contribution in [-0.2, 0) is 24.5 Å². The van der Waals surface area contributed by atoms with E-state index in [4.69, 9.17) is 0 Å². The molecule has 0 spiro atoms. The van der Waals surface area contributed by atoms with Crippen LogP contribution in [0.4, 0.5) is 5.69 Å². The molecule has 0 bridgehead atoms. The van der Waals surface area contributed by atoms with Gasteiger partial charge in [-0.05, 0) is 36.8 Å². The molecule has 3 aromatic rings. The number of aromatic amines is 1. The molecule has 0 saturated carbocycles. The minimum atomic E-state index is -3.57. The highest BCUT2D eigenvalue weighted by Gasteiger charge is 2.28. The van der Waals surface area contributed by atoms with E-state index in [1.54, 1.807) is 43.3 Å². The molecule has 0 aliphatic carbocycles. The van der Waals surface area contributed by atoms with Crippen LogP contribution in [-0.4, -0.2) is 40.2 Å². The Labute approximate surface area is 180 Å². The predicted octanol–water partition coefficient (Wildman–Crippen LogP) is 3.29. The number of hydrogen-bond donors (Lipinski definition) is 2. The molecule has 1 aromatic heterocycles. The molecule has 1 aliphatic rings. The van der Waals surface area contributed by atoms with Gasteiger partial charge in [-0.2, -0.15) is 0 Å².